The van der Waals surface area contributed by atoms with Crippen LogP contribution in [0.5, 0.6) is 0 Å². The van der Waals surface area contributed by atoms with Crippen molar-refractivity contribution in [2.45, 2.75) is 31.6 Å². The number of rotatable bonds is 8. The summed E-state index contributed by atoms with van der Waals surface area (Å²) in [5.74, 6) is -3.18. The molecule has 0 aliphatic heterocycles. The van der Waals surface area contributed by atoms with E-state index in [1.54, 1.807) is 42.5 Å². The van der Waals surface area contributed by atoms with Gasteiger partial charge in [-0.3, -0.25) is 0 Å². The maximum atomic E-state index is 13.9. The molecule has 2 aromatic carbocycles. The first-order valence-corrected chi connectivity index (χ1v) is 7.75. The molecule has 2 rings (SSSR count). The van der Waals surface area contributed by atoms with Gasteiger partial charge < -0.3 is 4.74 Å². The summed E-state index contributed by atoms with van der Waals surface area (Å²) in [4.78, 5) is 11.7. The SMILES string of the molecule is O=C(OCCCCCC(F)(F)c1ccccc1)c1ccccc1. The van der Waals surface area contributed by atoms with E-state index in [0.717, 1.165) is 0 Å². The van der Waals surface area contributed by atoms with Gasteiger partial charge in [0.15, 0.2) is 0 Å². The van der Waals surface area contributed by atoms with Crippen molar-refractivity contribution in [3.8, 4) is 0 Å². The maximum Gasteiger partial charge on any atom is 0.338 e. The van der Waals surface area contributed by atoms with Gasteiger partial charge >= 0.3 is 5.97 Å². The molecule has 2 aromatic rings. The summed E-state index contributed by atoms with van der Waals surface area (Å²) in [6.45, 7) is 0.255. The molecule has 0 spiro atoms. The molecule has 4 heteroatoms. The summed E-state index contributed by atoms with van der Waals surface area (Å²) in [7, 11) is 0. The van der Waals surface area contributed by atoms with Gasteiger partial charge in [0.25, 0.3) is 5.92 Å². The average molecular weight is 318 g/mol. The van der Waals surface area contributed by atoms with Crippen LogP contribution in [0.4, 0.5) is 8.78 Å². The first-order chi connectivity index (χ1) is 11.1. The van der Waals surface area contributed by atoms with E-state index in [9.17, 15) is 13.6 Å². The fourth-order valence-corrected chi connectivity index (χ4v) is 2.27. The summed E-state index contributed by atoms with van der Waals surface area (Å²) in [6.07, 6.45) is 1.39. The van der Waals surface area contributed by atoms with Crippen LogP contribution in [0.2, 0.25) is 0 Å². The minimum absolute atomic E-state index is 0.0514. The van der Waals surface area contributed by atoms with E-state index < -0.39 is 5.92 Å². The van der Waals surface area contributed by atoms with Crippen molar-refractivity contribution < 1.29 is 18.3 Å². The zero-order valence-corrected chi connectivity index (χ0v) is 12.9. The molecular weight excluding hydrogens is 298 g/mol. The van der Waals surface area contributed by atoms with E-state index >= 15 is 0 Å². The number of carbonyl (C=O) groups is 1. The van der Waals surface area contributed by atoms with Crippen molar-refractivity contribution in [1.82, 2.24) is 0 Å². The van der Waals surface area contributed by atoms with Gasteiger partial charge in [-0.15, -0.1) is 0 Å². The first-order valence-electron chi connectivity index (χ1n) is 7.75. The summed E-state index contributed by atoms with van der Waals surface area (Å²) < 4.78 is 33.0. The Balaban J connectivity index is 1.63. The molecule has 2 nitrogen and oxygen atoms in total. The Hall–Kier alpha value is -2.23. The quantitative estimate of drug-likeness (QED) is 0.494. The smallest absolute Gasteiger partial charge is 0.338 e. The molecule has 0 saturated heterocycles. The van der Waals surface area contributed by atoms with Gasteiger partial charge in [-0.2, -0.15) is 0 Å². The molecule has 122 valence electrons. The third kappa shape index (κ3) is 5.47. The monoisotopic (exact) mass is 318 g/mol. The number of halogens is 2. The molecule has 0 unspecified atom stereocenters. The third-order valence-electron chi connectivity index (χ3n) is 3.57. The normalized spacial score (nSPS) is 11.2. The maximum absolute atomic E-state index is 13.9. The molecule has 0 saturated carbocycles. The molecule has 0 radical (unpaired) electrons. The number of benzene rings is 2. The molecule has 0 fully saturated rings. The topological polar surface area (TPSA) is 26.3 Å². The lowest BCUT2D eigenvalue weighted by molar-refractivity contribution is -0.0162. The third-order valence-corrected chi connectivity index (χ3v) is 3.57. The zero-order valence-electron chi connectivity index (χ0n) is 12.9. The Morgan fingerprint density at radius 1 is 0.870 bits per heavy atom. The summed E-state index contributed by atoms with van der Waals surface area (Å²) >= 11 is 0. The summed E-state index contributed by atoms with van der Waals surface area (Å²) in [6, 6.07) is 16.6. The minimum Gasteiger partial charge on any atom is -0.462 e. The number of carbonyl (C=O) groups excluding carboxylic acids is 1. The molecule has 0 aliphatic carbocycles. The van der Waals surface area contributed by atoms with Crippen LogP contribution in [0, 0.1) is 0 Å². The minimum atomic E-state index is -2.80. The van der Waals surface area contributed by atoms with Crippen molar-refractivity contribution in [2.24, 2.45) is 0 Å². The van der Waals surface area contributed by atoms with Crippen LogP contribution in [-0.2, 0) is 10.7 Å². The zero-order chi connectivity index (χ0) is 16.5. The highest BCUT2D eigenvalue weighted by Gasteiger charge is 2.30. The van der Waals surface area contributed by atoms with Gasteiger partial charge in [0.05, 0.1) is 12.2 Å². The van der Waals surface area contributed by atoms with Crippen LogP contribution < -0.4 is 0 Å². The number of unbranched alkanes of at least 4 members (excludes halogenated alkanes) is 2. The Bertz CT molecular complexity index is 597. The Morgan fingerprint density at radius 2 is 1.48 bits per heavy atom. The molecule has 0 N–H and O–H groups in total. The number of hydrogen-bond acceptors (Lipinski definition) is 2. The van der Waals surface area contributed by atoms with Gasteiger partial charge in [-0.1, -0.05) is 48.5 Å². The van der Waals surface area contributed by atoms with Crippen LogP contribution in [-0.4, -0.2) is 12.6 Å². The van der Waals surface area contributed by atoms with Crippen molar-refractivity contribution in [3.63, 3.8) is 0 Å². The molecule has 0 amide bonds. The van der Waals surface area contributed by atoms with Crippen molar-refractivity contribution in [2.75, 3.05) is 6.61 Å². The second-order valence-corrected chi connectivity index (χ2v) is 5.38. The van der Waals surface area contributed by atoms with Crippen LogP contribution in [0.15, 0.2) is 60.7 Å². The van der Waals surface area contributed by atoms with Crippen molar-refractivity contribution in [1.29, 1.82) is 0 Å². The molecule has 0 bridgehead atoms. The van der Waals surface area contributed by atoms with Gasteiger partial charge in [0.1, 0.15) is 0 Å². The standard InChI is InChI=1S/C19H20F2O2/c20-19(21,17-12-6-2-7-13-17)14-8-3-9-15-23-18(22)16-10-4-1-5-11-16/h1-2,4-7,10-13H,3,8-9,14-15H2. The molecule has 0 aliphatic rings. The molecular formula is C19H20F2O2. The Labute approximate surface area is 135 Å². The molecule has 0 aromatic heterocycles. The molecule has 23 heavy (non-hydrogen) atoms. The number of hydrogen-bond donors (Lipinski definition) is 0. The summed E-state index contributed by atoms with van der Waals surface area (Å²) in [5, 5.41) is 0. The van der Waals surface area contributed by atoms with E-state index in [2.05, 4.69) is 0 Å². The second kappa shape index (κ2) is 8.42. The van der Waals surface area contributed by atoms with E-state index in [0.29, 0.717) is 24.8 Å². The first kappa shape index (κ1) is 17.1. The number of alkyl halides is 2. The largest absolute Gasteiger partial charge is 0.462 e. The van der Waals surface area contributed by atoms with E-state index in [-0.39, 0.29) is 24.6 Å². The van der Waals surface area contributed by atoms with E-state index in [4.69, 9.17) is 4.74 Å². The molecule has 0 atom stereocenters. The average Bonchev–Trinajstić information content (AvgIpc) is 2.59. The van der Waals surface area contributed by atoms with Crippen molar-refractivity contribution in [3.05, 3.63) is 71.8 Å². The highest BCUT2D eigenvalue weighted by Crippen LogP contribution is 2.33. The Morgan fingerprint density at radius 3 is 2.13 bits per heavy atom. The number of ether oxygens (including phenoxy) is 1. The highest BCUT2D eigenvalue weighted by atomic mass is 19.3. The van der Waals surface area contributed by atoms with Gasteiger partial charge in [-0.25, -0.2) is 13.6 Å². The van der Waals surface area contributed by atoms with E-state index in [1.165, 1.54) is 12.1 Å². The van der Waals surface area contributed by atoms with Gasteiger partial charge in [0, 0.05) is 12.0 Å². The van der Waals surface area contributed by atoms with Crippen LogP contribution in [0.1, 0.15) is 41.6 Å². The predicted molar refractivity (Wildman–Crippen MR) is 85.5 cm³/mol. The van der Waals surface area contributed by atoms with Crippen molar-refractivity contribution >= 4 is 5.97 Å². The highest BCUT2D eigenvalue weighted by molar-refractivity contribution is 5.89. The molecule has 0 heterocycles. The van der Waals surface area contributed by atoms with Crippen LogP contribution in [0.25, 0.3) is 0 Å². The lowest BCUT2D eigenvalue weighted by Crippen LogP contribution is -2.13. The van der Waals surface area contributed by atoms with Gasteiger partial charge in [-0.05, 0) is 31.4 Å². The fourth-order valence-electron chi connectivity index (χ4n) is 2.27. The van der Waals surface area contributed by atoms with Gasteiger partial charge in [0.2, 0.25) is 0 Å². The number of esters is 1. The predicted octanol–water partition coefficient (Wildman–Crippen LogP) is 5.20. The van der Waals surface area contributed by atoms with E-state index in [1.807, 2.05) is 6.07 Å². The lowest BCUT2D eigenvalue weighted by Gasteiger charge is -2.16. The van der Waals surface area contributed by atoms with Crippen LogP contribution in [0.3, 0.4) is 0 Å². The summed E-state index contributed by atoms with van der Waals surface area (Å²) in [5.41, 5.74) is 0.554. The second-order valence-electron chi connectivity index (χ2n) is 5.38. The Kier molecular flexibility index (Phi) is 6.27. The van der Waals surface area contributed by atoms with Crippen LogP contribution >= 0.6 is 0 Å². The fraction of sp³-hybridized carbons (Fsp3) is 0.316. The lowest BCUT2D eigenvalue weighted by atomic mass is 10.0.